The quantitative estimate of drug-likeness (QED) is 0.600. The van der Waals surface area contributed by atoms with Crippen LogP contribution in [0.3, 0.4) is 0 Å². The van der Waals surface area contributed by atoms with Crippen molar-refractivity contribution in [1.29, 1.82) is 0 Å². The Hall–Kier alpha value is -1.69. The van der Waals surface area contributed by atoms with Crippen molar-refractivity contribution >= 4 is 34.7 Å². The van der Waals surface area contributed by atoms with Crippen molar-refractivity contribution in [3.8, 4) is 5.88 Å². The third-order valence-corrected chi connectivity index (χ3v) is 6.79. The number of ether oxygens (including phenoxy) is 1. The van der Waals surface area contributed by atoms with Crippen LogP contribution in [0, 0.1) is 6.92 Å². The number of fused-ring (bicyclic) bond motifs is 1. The van der Waals surface area contributed by atoms with E-state index in [2.05, 4.69) is 33.1 Å². The van der Waals surface area contributed by atoms with Gasteiger partial charge in [-0.05, 0) is 62.4 Å². The molecular weight excluding hydrogens is 419 g/mol. The third kappa shape index (κ3) is 5.13. The average molecular weight is 449 g/mol. The van der Waals surface area contributed by atoms with E-state index in [4.69, 9.17) is 27.9 Å². The van der Waals surface area contributed by atoms with Crippen LogP contribution < -0.4 is 15.0 Å². The highest BCUT2D eigenvalue weighted by Gasteiger charge is 2.19. The van der Waals surface area contributed by atoms with E-state index in [0.717, 1.165) is 75.9 Å². The minimum absolute atomic E-state index is 0.621. The van der Waals surface area contributed by atoms with Crippen molar-refractivity contribution in [1.82, 2.24) is 9.88 Å². The Labute approximate surface area is 189 Å². The number of aromatic nitrogens is 1. The molecule has 0 unspecified atom stereocenters. The lowest BCUT2D eigenvalue weighted by molar-refractivity contribution is 0.236. The van der Waals surface area contributed by atoms with Gasteiger partial charge in [0.2, 0.25) is 5.88 Å². The summed E-state index contributed by atoms with van der Waals surface area (Å²) in [4.78, 5) is 9.48. The first-order valence-electron chi connectivity index (χ1n) is 10.9. The van der Waals surface area contributed by atoms with Crippen LogP contribution in [0.5, 0.6) is 5.88 Å². The zero-order valence-corrected chi connectivity index (χ0v) is 19.1. The number of piperazine rings is 1. The van der Waals surface area contributed by atoms with Gasteiger partial charge in [-0.3, -0.25) is 4.90 Å². The highest BCUT2D eigenvalue weighted by molar-refractivity contribution is 6.43. The molecule has 1 N–H and O–H groups in total. The summed E-state index contributed by atoms with van der Waals surface area (Å²) >= 11 is 12.5. The normalized spacial score (nSPS) is 16.8. The van der Waals surface area contributed by atoms with Gasteiger partial charge >= 0.3 is 0 Å². The van der Waals surface area contributed by atoms with E-state index in [1.165, 1.54) is 17.5 Å². The van der Waals surface area contributed by atoms with Crippen molar-refractivity contribution < 1.29 is 4.74 Å². The molecule has 1 saturated heterocycles. The summed E-state index contributed by atoms with van der Waals surface area (Å²) in [6.07, 6.45) is 4.44. The van der Waals surface area contributed by atoms with Crippen molar-refractivity contribution in [2.24, 2.45) is 0 Å². The minimum atomic E-state index is 0.621. The molecule has 1 aromatic carbocycles. The minimum Gasteiger partial charge on any atom is -0.478 e. The van der Waals surface area contributed by atoms with E-state index in [-0.39, 0.29) is 0 Å². The molecule has 0 bridgehead atoms. The largest absolute Gasteiger partial charge is 0.478 e. The van der Waals surface area contributed by atoms with Gasteiger partial charge in [-0.25, -0.2) is 0 Å². The van der Waals surface area contributed by atoms with Crippen LogP contribution in [-0.4, -0.2) is 55.8 Å². The maximum Gasteiger partial charge on any atom is 0.215 e. The number of nitrogens with zero attached hydrogens (tertiary/aromatic N) is 3. The Balaban J connectivity index is 1.17. The lowest BCUT2D eigenvalue weighted by Gasteiger charge is -2.36. The van der Waals surface area contributed by atoms with Gasteiger partial charge in [0.25, 0.3) is 0 Å². The number of benzene rings is 1. The highest BCUT2D eigenvalue weighted by Crippen LogP contribution is 2.33. The summed E-state index contributed by atoms with van der Waals surface area (Å²) in [6, 6.07) is 7.92. The summed E-state index contributed by atoms with van der Waals surface area (Å²) in [6.45, 7) is 8.99. The summed E-state index contributed by atoms with van der Waals surface area (Å²) in [5, 5.41) is 4.67. The molecule has 5 nitrogen and oxygen atoms in total. The molecule has 2 aliphatic rings. The molecule has 0 saturated carbocycles. The maximum absolute atomic E-state index is 6.37. The SMILES string of the molecule is Cc1cc(OCCCCN2CCN(c3cccc(Cl)c3Cl)CC2)nc2c1CCCN2. The Bertz CT molecular complexity index is 869. The van der Waals surface area contributed by atoms with Gasteiger partial charge < -0.3 is 15.0 Å². The van der Waals surface area contributed by atoms with Crippen LogP contribution in [0.25, 0.3) is 0 Å². The molecule has 0 aliphatic carbocycles. The molecule has 4 rings (SSSR count). The monoisotopic (exact) mass is 448 g/mol. The summed E-state index contributed by atoms with van der Waals surface area (Å²) in [5.41, 5.74) is 3.66. The Morgan fingerprint density at radius 3 is 2.80 bits per heavy atom. The van der Waals surface area contributed by atoms with Crippen molar-refractivity contribution in [2.45, 2.75) is 32.6 Å². The third-order valence-electron chi connectivity index (χ3n) is 5.98. The molecule has 30 heavy (non-hydrogen) atoms. The molecule has 0 amide bonds. The first-order chi connectivity index (χ1) is 14.6. The average Bonchev–Trinajstić information content (AvgIpc) is 2.76. The number of rotatable bonds is 7. The molecule has 7 heteroatoms. The van der Waals surface area contributed by atoms with Gasteiger partial charge in [-0.1, -0.05) is 29.3 Å². The molecule has 0 atom stereocenters. The Kier molecular flexibility index (Phi) is 7.24. The van der Waals surface area contributed by atoms with Gasteiger partial charge in [0, 0.05) is 38.8 Å². The molecule has 3 heterocycles. The van der Waals surface area contributed by atoms with E-state index in [9.17, 15) is 0 Å². The predicted octanol–water partition coefficient (Wildman–Crippen LogP) is 5.04. The number of pyridine rings is 1. The second kappa shape index (κ2) is 10.1. The highest BCUT2D eigenvalue weighted by atomic mass is 35.5. The fourth-order valence-electron chi connectivity index (χ4n) is 4.24. The van der Waals surface area contributed by atoms with Gasteiger partial charge in [0.15, 0.2) is 0 Å². The van der Waals surface area contributed by atoms with Crippen LogP contribution in [0.4, 0.5) is 11.5 Å². The lowest BCUT2D eigenvalue weighted by Crippen LogP contribution is -2.46. The zero-order valence-electron chi connectivity index (χ0n) is 17.6. The number of unbranched alkanes of at least 4 members (excludes halogenated alkanes) is 1. The topological polar surface area (TPSA) is 40.6 Å². The van der Waals surface area contributed by atoms with Crippen LogP contribution in [-0.2, 0) is 6.42 Å². The predicted molar refractivity (Wildman–Crippen MR) is 126 cm³/mol. The van der Waals surface area contributed by atoms with E-state index in [1.54, 1.807) is 0 Å². The lowest BCUT2D eigenvalue weighted by atomic mass is 10.0. The number of halogens is 2. The van der Waals surface area contributed by atoms with Gasteiger partial charge in [0.1, 0.15) is 5.82 Å². The first-order valence-corrected chi connectivity index (χ1v) is 11.7. The van der Waals surface area contributed by atoms with Crippen molar-refractivity contribution in [3.63, 3.8) is 0 Å². The zero-order chi connectivity index (χ0) is 20.9. The molecule has 0 radical (unpaired) electrons. The fourth-order valence-corrected chi connectivity index (χ4v) is 4.66. The van der Waals surface area contributed by atoms with Gasteiger partial charge in [0.05, 0.1) is 22.3 Å². The smallest absolute Gasteiger partial charge is 0.215 e. The van der Waals surface area contributed by atoms with E-state index >= 15 is 0 Å². The van der Waals surface area contributed by atoms with Crippen LogP contribution in [0.15, 0.2) is 24.3 Å². The van der Waals surface area contributed by atoms with E-state index < -0.39 is 0 Å². The van der Waals surface area contributed by atoms with Crippen molar-refractivity contribution in [2.75, 3.05) is 56.1 Å². The van der Waals surface area contributed by atoms with E-state index in [1.807, 2.05) is 18.2 Å². The number of nitrogens with one attached hydrogen (secondary N) is 1. The van der Waals surface area contributed by atoms with Crippen molar-refractivity contribution in [3.05, 3.63) is 45.4 Å². The number of hydrogen-bond donors (Lipinski definition) is 1. The molecule has 1 fully saturated rings. The second-order valence-corrected chi connectivity index (χ2v) is 8.88. The molecule has 2 aliphatic heterocycles. The standard InChI is InChI=1S/C23H30Cl2N4O/c1-17-16-21(27-23-18(17)6-5-9-26-23)30-15-3-2-10-28-11-13-29(14-12-28)20-8-4-7-19(24)22(20)25/h4,7-8,16H,2-3,5-6,9-15H2,1H3,(H,26,27). The van der Waals surface area contributed by atoms with Crippen LogP contribution in [0.1, 0.15) is 30.4 Å². The molecule has 1 aromatic heterocycles. The van der Waals surface area contributed by atoms with Gasteiger partial charge in [-0.15, -0.1) is 0 Å². The summed E-state index contributed by atoms with van der Waals surface area (Å²) in [5.74, 6) is 1.75. The number of hydrogen-bond acceptors (Lipinski definition) is 5. The molecule has 0 spiro atoms. The summed E-state index contributed by atoms with van der Waals surface area (Å²) < 4.78 is 5.94. The summed E-state index contributed by atoms with van der Waals surface area (Å²) in [7, 11) is 0. The first kappa shape index (κ1) is 21.5. The molecular formula is C23H30Cl2N4O. The van der Waals surface area contributed by atoms with E-state index in [0.29, 0.717) is 16.7 Å². The second-order valence-electron chi connectivity index (χ2n) is 8.09. The molecule has 2 aromatic rings. The van der Waals surface area contributed by atoms with Crippen LogP contribution >= 0.6 is 23.2 Å². The Morgan fingerprint density at radius 1 is 1.13 bits per heavy atom. The van der Waals surface area contributed by atoms with Crippen LogP contribution in [0.2, 0.25) is 10.0 Å². The number of aryl methyl sites for hydroxylation is 1. The molecule has 162 valence electrons. The maximum atomic E-state index is 6.37. The Morgan fingerprint density at radius 2 is 1.97 bits per heavy atom. The fraction of sp³-hybridized carbons (Fsp3) is 0.522. The number of anilines is 2. The van der Waals surface area contributed by atoms with Gasteiger partial charge in [-0.2, -0.15) is 4.98 Å².